The van der Waals surface area contributed by atoms with Gasteiger partial charge < -0.3 is 15.0 Å². The van der Waals surface area contributed by atoms with Gasteiger partial charge in [-0.05, 0) is 55.2 Å². The predicted molar refractivity (Wildman–Crippen MR) is 119 cm³/mol. The fourth-order valence-electron chi connectivity index (χ4n) is 3.54. The van der Waals surface area contributed by atoms with Crippen LogP contribution in [0, 0.1) is 17.6 Å². The SMILES string of the molecule is CC1CCN(c2ccc(-c3ccc(NC(=O)COc4ccc(F)cc4F)cc3)nn2)CC1. The van der Waals surface area contributed by atoms with E-state index < -0.39 is 24.1 Å². The lowest BCUT2D eigenvalue weighted by Gasteiger charge is -2.30. The molecule has 0 atom stereocenters. The number of piperidine rings is 1. The molecular weight excluding hydrogens is 414 g/mol. The molecule has 166 valence electrons. The largest absolute Gasteiger partial charge is 0.481 e. The zero-order chi connectivity index (χ0) is 22.5. The molecule has 32 heavy (non-hydrogen) atoms. The number of carbonyl (C=O) groups is 1. The van der Waals surface area contributed by atoms with Crippen LogP contribution >= 0.6 is 0 Å². The zero-order valence-corrected chi connectivity index (χ0v) is 17.7. The van der Waals surface area contributed by atoms with Gasteiger partial charge in [0.25, 0.3) is 5.91 Å². The Morgan fingerprint density at radius 3 is 2.47 bits per heavy atom. The molecule has 3 aromatic rings. The first-order valence-corrected chi connectivity index (χ1v) is 10.5. The number of nitrogens with one attached hydrogen (secondary N) is 1. The lowest BCUT2D eigenvalue weighted by atomic mass is 9.99. The van der Waals surface area contributed by atoms with Crippen molar-refractivity contribution >= 4 is 17.4 Å². The Kier molecular flexibility index (Phi) is 6.58. The molecule has 1 amide bonds. The fourth-order valence-corrected chi connectivity index (χ4v) is 3.54. The summed E-state index contributed by atoms with van der Waals surface area (Å²) in [6.07, 6.45) is 2.33. The Bertz CT molecular complexity index is 1070. The maximum Gasteiger partial charge on any atom is 0.262 e. The monoisotopic (exact) mass is 438 g/mol. The highest BCUT2D eigenvalue weighted by atomic mass is 19.1. The lowest BCUT2D eigenvalue weighted by molar-refractivity contribution is -0.118. The van der Waals surface area contributed by atoms with Crippen molar-refractivity contribution in [2.24, 2.45) is 5.92 Å². The van der Waals surface area contributed by atoms with Crippen molar-refractivity contribution in [2.75, 3.05) is 29.9 Å². The summed E-state index contributed by atoms with van der Waals surface area (Å²) in [5, 5.41) is 11.4. The molecule has 0 radical (unpaired) electrons. The normalized spacial score (nSPS) is 14.3. The van der Waals surface area contributed by atoms with Gasteiger partial charge >= 0.3 is 0 Å². The minimum Gasteiger partial charge on any atom is -0.481 e. The summed E-state index contributed by atoms with van der Waals surface area (Å²) < 4.78 is 31.6. The molecule has 6 nitrogen and oxygen atoms in total. The molecule has 1 fully saturated rings. The van der Waals surface area contributed by atoms with Crippen molar-refractivity contribution in [1.82, 2.24) is 10.2 Å². The quantitative estimate of drug-likeness (QED) is 0.606. The number of rotatable bonds is 6. The molecule has 0 spiro atoms. The molecule has 4 rings (SSSR count). The van der Waals surface area contributed by atoms with Gasteiger partial charge in [-0.15, -0.1) is 10.2 Å². The number of halogens is 2. The molecule has 0 unspecified atom stereocenters. The zero-order valence-electron chi connectivity index (χ0n) is 17.7. The van der Waals surface area contributed by atoms with Crippen molar-refractivity contribution in [3.63, 3.8) is 0 Å². The van der Waals surface area contributed by atoms with Gasteiger partial charge in [-0.3, -0.25) is 4.79 Å². The second-order valence-electron chi connectivity index (χ2n) is 7.94. The minimum absolute atomic E-state index is 0.182. The number of ether oxygens (including phenoxy) is 1. The molecule has 8 heteroatoms. The molecule has 1 aromatic heterocycles. The molecule has 2 aromatic carbocycles. The van der Waals surface area contributed by atoms with E-state index in [1.54, 1.807) is 12.1 Å². The number of carbonyl (C=O) groups excluding carboxylic acids is 1. The maximum atomic E-state index is 13.6. The van der Waals surface area contributed by atoms with Gasteiger partial charge in [-0.2, -0.15) is 0 Å². The maximum absolute atomic E-state index is 13.6. The van der Waals surface area contributed by atoms with Crippen molar-refractivity contribution in [3.05, 3.63) is 66.2 Å². The Morgan fingerprint density at radius 2 is 1.81 bits per heavy atom. The third-order valence-electron chi connectivity index (χ3n) is 5.48. The molecular formula is C24H24F2N4O2. The van der Waals surface area contributed by atoms with Gasteiger partial charge in [-0.25, -0.2) is 8.78 Å². The summed E-state index contributed by atoms with van der Waals surface area (Å²) in [5.74, 6) is -0.557. The highest BCUT2D eigenvalue weighted by Gasteiger charge is 2.17. The van der Waals surface area contributed by atoms with E-state index in [0.717, 1.165) is 48.2 Å². The van der Waals surface area contributed by atoms with Crippen molar-refractivity contribution in [3.8, 4) is 17.0 Å². The molecule has 0 aliphatic carbocycles. The van der Waals surface area contributed by atoms with Gasteiger partial charge in [0.15, 0.2) is 24.0 Å². The van der Waals surface area contributed by atoms with E-state index in [-0.39, 0.29) is 5.75 Å². The first kappa shape index (κ1) is 21.7. The van der Waals surface area contributed by atoms with Gasteiger partial charge in [0.05, 0.1) is 5.69 Å². The van der Waals surface area contributed by atoms with Crippen LogP contribution in [-0.4, -0.2) is 35.8 Å². The molecule has 1 saturated heterocycles. The second-order valence-corrected chi connectivity index (χ2v) is 7.94. The van der Waals surface area contributed by atoms with Gasteiger partial charge in [0, 0.05) is 30.4 Å². The van der Waals surface area contributed by atoms with Crippen LogP contribution in [0.4, 0.5) is 20.3 Å². The summed E-state index contributed by atoms with van der Waals surface area (Å²) in [4.78, 5) is 14.3. The summed E-state index contributed by atoms with van der Waals surface area (Å²) >= 11 is 0. The van der Waals surface area contributed by atoms with Crippen LogP contribution in [0.15, 0.2) is 54.6 Å². The van der Waals surface area contributed by atoms with E-state index in [9.17, 15) is 13.6 Å². The third-order valence-corrected chi connectivity index (χ3v) is 5.48. The van der Waals surface area contributed by atoms with E-state index >= 15 is 0 Å². The topological polar surface area (TPSA) is 67.4 Å². The van der Waals surface area contributed by atoms with Crippen LogP contribution in [0.3, 0.4) is 0 Å². The molecule has 1 aliphatic heterocycles. The molecule has 0 saturated carbocycles. The number of hydrogen-bond acceptors (Lipinski definition) is 5. The summed E-state index contributed by atoms with van der Waals surface area (Å²) in [6, 6.07) is 14.0. The number of nitrogens with zero attached hydrogens (tertiary/aromatic N) is 3. The molecule has 1 aliphatic rings. The van der Waals surface area contributed by atoms with E-state index in [1.165, 1.54) is 12.8 Å². The minimum atomic E-state index is -0.857. The van der Waals surface area contributed by atoms with Crippen LogP contribution in [-0.2, 0) is 4.79 Å². The number of amides is 1. The summed E-state index contributed by atoms with van der Waals surface area (Å²) in [5.41, 5.74) is 2.18. The Morgan fingerprint density at radius 1 is 1.06 bits per heavy atom. The van der Waals surface area contributed by atoms with Gasteiger partial charge in [0.1, 0.15) is 5.82 Å². The number of anilines is 2. The second kappa shape index (κ2) is 9.72. The Balaban J connectivity index is 1.32. The van der Waals surface area contributed by atoms with Crippen molar-refractivity contribution in [2.45, 2.75) is 19.8 Å². The first-order valence-electron chi connectivity index (χ1n) is 10.5. The van der Waals surface area contributed by atoms with Crippen LogP contribution in [0.2, 0.25) is 0 Å². The van der Waals surface area contributed by atoms with Gasteiger partial charge in [-0.1, -0.05) is 19.1 Å². The standard InChI is InChI=1S/C24H24F2N4O2/c1-16-10-12-30(13-11-16)23-9-7-21(28-29-23)17-2-5-19(6-3-17)27-24(31)15-32-22-8-4-18(25)14-20(22)26/h2-9,14,16H,10-13,15H2,1H3,(H,27,31). The highest BCUT2D eigenvalue weighted by Crippen LogP contribution is 2.24. The van der Waals surface area contributed by atoms with E-state index in [4.69, 9.17) is 4.74 Å². The van der Waals surface area contributed by atoms with Crippen molar-refractivity contribution < 1.29 is 18.3 Å². The highest BCUT2D eigenvalue weighted by molar-refractivity contribution is 5.92. The Labute approximate surface area is 185 Å². The average molecular weight is 438 g/mol. The first-order chi connectivity index (χ1) is 15.5. The third kappa shape index (κ3) is 5.38. The van der Waals surface area contributed by atoms with E-state index in [1.807, 2.05) is 24.3 Å². The molecule has 1 N–H and O–H groups in total. The number of aromatic nitrogens is 2. The van der Waals surface area contributed by atoms with E-state index in [2.05, 4.69) is 27.3 Å². The molecule has 0 bridgehead atoms. The number of hydrogen-bond donors (Lipinski definition) is 1. The average Bonchev–Trinajstić information content (AvgIpc) is 2.80. The molecule has 2 heterocycles. The lowest BCUT2D eigenvalue weighted by Crippen LogP contribution is -2.33. The predicted octanol–water partition coefficient (Wildman–Crippen LogP) is 4.68. The van der Waals surface area contributed by atoms with E-state index in [0.29, 0.717) is 11.8 Å². The Hall–Kier alpha value is -3.55. The van der Waals surface area contributed by atoms with Crippen LogP contribution < -0.4 is 15.0 Å². The van der Waals surface area contributed by atoms with Crippen LogP contribution in [0.25, 0.3) is 11.3 Å². The van der Waals surface area contributed by atoms with Gasteiger partial charge in [0.2, 0.25) is 0 Å². The van der Waals surface area contributed by atoms with Crippen LogP contribution in [0.1, 0.15) is 19.8 Å². The van der Waals surface area contributed by atoms with Crippen LogP contribution in [0.5, 0.6) is 5.75 Å². The summed E-state index contributed by atoms with van der Waals surface area (Å²) in [7, 11) is 0. The van der Waals surface area contributed by atoms with Crippen molar-refractivity contribution in [1.29, 1.82) is 0 Å². The summed E-state index contributed by atoms with van der Waals surface area (Å²) in [6.45, 7) is 3.88. The fraction of sp³-hybridized carbons (Fsp3) is 0.292. The number of benzene rings is 2. The smallest absolute Gasteiger partial charge is 0.262 e.